The highest BCUT2D eigenvalue weighted by Gasteiger charge is 2.12. The molecule has 0 saturated heterocycles. The van der Waals surface area contributed by atoms with Gasteiger partial charge < -0.3 is 9.47 Å². The topological polar surface area (TPSA) is 52.6 Å². The lowest BCUT2D eigenvalue weighted by Gasteiger charge is -2.10. The van der Waals surface area contributed by atoms with Crippen molar-refractivity contribution >= 4 is 12.3 Å². The zero-order valence-electron chi connectivity index (χ0n) is 8.36. The zero-order chi connectivity index (χ0) is 11.3. The molecule has 0 amide bonds. The summed E-state index contributed by atoms with van der Waals surface area (Å²) < 4.78 is 10.0. The average molecular weight is 207 g/mol. The van der Waals surface area contributed by atoms with Crippen molar-refractivity contribution in [1.29, 1.82) is 0 Å². The van der Waals surface area contributed by atoms with E-state index in [4.69, 9.17) is 9.47 Å². The van der Waals surface area contributed by atoms with E-state index in [1.807, 2.05) is 0 Å². The van der Waals surface area contributed by atoms with E-state index in [2.05, 4.69) is 6.92 Å². The minimum absolute atomic E-state index is 0.120. The minimum atomic E-state index is -0.731. The Morgan fingerprint density at radius 3 is 2.80 bits per heavy atom. The highest BCUT2D eigenvalue weighted by Crippen LogP contribution is 2.30. The van der Waals surface area contributed by atoms with Gasteiger partial charge in [-0.1, -0.05) is 6.07 Å². The van der Waals surface area contributed by atoms with Crippen molar-refractivity contribution in [2.24, 2.45) is 0 Å². The summed E-state index contributed by atoms with van der Waals surface area (Å²) in [5, 5.41) is 0. The number of carbonyl (C=O) groups is 2. The van der Waals surface area contributed by atoms with E-state index in [0.717, 1.165) is 0 Å². The fourth-order valence-corrected chi connectivity index (χ4v) is 1.12. The Kier molecular flexibility index (Phi) is 3.85. The molecule has 0 N–H and O–H groups in total. The maximum absolute atomic E-state index is 10.7. The molecule has 0 aliphatic carbocycles. The molecule has 15 heavy (non-hydrogen) atoms. The summed E-state index contributed by atoms with van der Waals surface area (Å²) in [7, 11) is 0. The first-order valence-electron chi connectivity index (χ1n) is 4.43. The van der Waals surface area contributed by atoms with E-state index in [0.29, 0.717) is 18.6 Å². The molecule has 0 atom stereocenters. The van der Waals surface area contributed by atoms with Gasteiger partial charge in [0.2, 0.25) is 0 Å². The third-order valence-electron chi connectivity index (χ3n) is 1.65. The van der Waals surface area contributed by atoms with Gasteiger partial charge in [-0.25, -0.2) is 0 Å². The summed E-state index contributed by atoms with van der Waals surface area (Å²) in [6.07, 6.45) is 0.598. The lowest BCUT2D eigenvalue weighted by Crippen LogP contribution is -2.06. The van der Waals surface area contributed by atoms with Gasteiger partial charge in [0.15, 0.2) is 17.8 Å². The highest BCUT2D eigenvalue weighted by atomic mass is 16.6. The molecule has 0 fully saturated rings. The van der Waals surface area contributed by atoms with Crippen LogP contribution in [0, 0.1) is 6.92 Å². The van der Waals surface area contributed by atoms with Crippen LogP contribution in [0.1, 0.15) is 17.3 Å². The highest BCUT2D eigenvalue weighted by molar-refractivity contribution is 5.85. The molecule has 1 radical (unpaired) electrons. The number of ether oxygens (including phenoxy) is 2. The van der Waals surface area contributed by atoms with Gasteiger partial charge in [0.1, 0.15) is 0 Å². The van der Waals surface area contributed by atoms with Gasteiger partial charge in [0.05, 0.1) is 19.1 Å². The molecule has 0 aromatic heterocycles. The van der Waals surface area contributed by atoms with Crippen molar-refractivity contribution in [3.8, 4) is 11.5 Å². The predicted octanol–water partition coefficient (Wildman–Crippen LogP) is 1.64. The summed E-state index contributed by atoms with van der Waals surface area (Å²) in [6.45, 7) is 5.29. The molecule has 4 nitrogen and oxygen atoms in total. The van der Waals surface area contributed by atoms with Crippen LogP contribution in [-0.4, -0.2) is 18.9 Å². The van der Waals surface area contributed by atoms with Gasteiger partial charge in [-0.2, -0.15) is 0 Å². The summed E-state index contributed by atoms with van der Waals surface area (Å²) in [5.74, 6) is -0.251. The van der Waals surface area contributed by atoms with Crippen molar-refractivity contribution in [1.82, 2.24) is 0 Å². The van der Waals surface area contributed by atoms with Crippen molar-refractivity contribution in [2.45, 2.75) is 6.92 Å². The van der Waals surface area contributed by atoms with Crippen LogP contribution in [0.2, 0.25) is 0 Å². The molecule has 0 heterocycles. The van der Waals surface area contributed by atoms with E-state index in [9.17, 15) is 9.59 Å². The average Bonchev–Trinajstić information content (AvgIpc) is 2.20. The van der Waals surface area contributed by atoms with Crippen LogP contribution in [-0.2, 0) is 4.79 Å². The fourth-order valence-electron chi connectivity index (χ4n) is 1.12. The van der Waals surface area contributed by atoms with Crippen molar-refractivity contribution in [2.75, 3.05) is 6.61 Å². The van der Waals surface area contributed by atoms with Crippen LogP contribution in [0.5, 0.6) is 11.5 Å². The first kappa shape index (κ1) is 11.2. The second-order valence-corrected chi connectivity index (χ2v) is 2.70. The number of esters is 1. The Bertz CT molecular complexity index is 371. The summed E-state index contributed by atoms with van der Waals surface area (Å²) in [5.41, 5.74) is 0.262. The molecule has 79 valence electrons. The second kappa shape index (κ2) is 5.14. The number of hydrogen-bond donors (Lipinski definition) is 0. The molecule has 0 saturated carbocycles. The molecule has 0 aliphatic heterocycles. The lowest BCUT2D eigenvalue weighted by atomic mass is 10.2. The fraction of sp³-hybridized carbons (Fsp3) is 0.182. The Labute approximate surface area is 87.8 Å². The third kappa shape index (κ3) is 2.80. The quantitative estimate of drug-likeness (QED) is 0.428. The minimum Gasteiger partial charge on any atom is -0.490 e. The lowest BCUT2D eigenvalue weighted by molar-refractivity contribution is -0.129. The van der Waals surface area contributed by atoms with Crippen LogP contribution in [0.15, 0.2) is 18.2 Å². The molecule has 0 aliphatic rings. The number of carbonyl (C=O) groups excluding carboxylic acids is 2. The van der Waals surface area contributed by atoms with Gasteiger partial charge >= 0.3 is 5.97 Å². The molecular weight excluding hydrogens is 196 g/mol. The van der Waals surface area contributed by atoms with Crippen molar-refractivity contribution < 1.29 is 19.1 Å². The smallest absolute Gasteiger partial charge is 0.311 e. The largest absolute Gasteiger partial charge is 0.490 e. The monoisotopic (exact) mass is 207 g/mol. The number of benzene rings is 1. The van der Waals surface area contributed by atoms with Crippen LogP contribution in [0.25, 0.3) is 0 Å². The number of aldehydes is 1. The second-order valence-electron chi connectivity index (χ2n) is 2.70. The molecule has 0 bridgehead atoms. The van der Waals surface area contributed by atoms with Crippen LogP contribution >= 0.6 is 0 Å². The third-order valence-corrected chi connectivity index (χ3v) is 1.65. The standard InChI is InChI=1S/C11H11O4/c1-3-14-10-6-4-5-9(7-12)11(10)15-8(2)13/h4-7H,2-3H2,1H3. The SMILES string of the molecule is [CH2]C(=O)Oc1c(C=O)cccc1OCC. The normalized spacial score (nSPS) is 9.47. The molecule has 0 spiro atoms. The van der Waals surface area contributed by atoms with E-state index in [-0.39, 0.29) is 11.3 Å². The van der Waals surface area contributed by atoms with Crippen LogP contribution in [0.4, 0.5) is 0 Å². The molecule has 1 aromatic carbocycles. The number of hydrogen-bond acceptors (Lipinski definition) is 4. The maximum atomic E-state index is 10.7. The Balaban J connectivity index is 3.13. The van der Waals surface area contributed by atoms with Gasteiger partial charge in [-0.05, 0) is 19.1 Å². The van der Waals surface area contributed by atoms with Crippen molar-refractivity contribution in [3.63, 3.8) is 0 Å². The molecule has 1 aromatic rings. The summed E-state index contributed by atoms with van der Waals surface area (Å²) in [4.78, 5) is 21.4. The van der Waals surface area contributed by atoms with Crippen LogP contribution < -0.4 is 9.47 Å². The summed E-state index contributed by atoms with van der Waals surface area (Å²) in [6, 6.07) is 4.80. The first-order valence-corrected chi connectivity index (χ1v) is 4.43. The maximum Gasteiger partial charge on any atom is 0.311 e. The Hall–Kier alpha value is -1.84. The van der Waals surface area contributed by atoms with Gasteiger partial charge in [0, 0.05) is 0 Å². The zero-order valence-corrected chi connectivity index (χ0v) is 8.36. The Morgan fingerprint density at radius 1 is 1.53 bits per heavy atom. The van der Waals surface area contributed by atoms with Crippen LogP contribution in [0.3, 0.4) is 0 Å². The van der Waals surface area contributed by atoms with Crippen molar-refractivity contribution in [3.05, 3.63) is 30.7 Å². The molecule has 0 unspecified atom stereocenters. The molecule has 4 heteroatoms. The van der Waals surface area contributed by atoms with E-state index in [1.54, 1.807) is 19.1 Å². The number of rotatable bonds is 4. The summed E-state index contributed by atoms with van der Waals surface area (Å²) >= 11 is 0. The molecular formula is C11H11O4. The van der Waals surface area contributed by atoms with Gasteiger partial charge in [-0.15, -0.1) is 0 Å². The van der Waals surface area contributed by atoms with E-state index in [1.165, 1.54) is 6.07 Å². The van der Waals surface area contributed by atoms with Gasteiger partial charge in [-0.3, -0.25) is 9.59 Å². The van der Waals surface area contributed by atoms with E-state index < -0.39 is 5.97 Å². The predicted molar refractivity (Wildman–Crippen MR) is 54.0 cm³/mol. The number of para-hydroxylation sites is 1. The molecule has 1 rings (SSSR count). The first-order chi connectivity index (χ1) is 7.19. The van der Waals surface area contributed by atoms with Gasteiger partial charge in [0.25, 0.3) is 0 Å². The Morgan fingerprint density at radius 2 is 2.27 bits per heavy atom. The van der Waals surface area contributed by atoms with E-state index >= 15 is 0 Å².